The van der Waals surface area contributed by atoms with Crippen LogP contribution in [0.3, 0.4) is 0 Å². The summed E-state index contributed by atoms with van der Waals surface area (Å²) in [5, 5.41) is 0. The standard InChI is InChI=1S/C16H32N4O2/c1-6-19(15(21)22-16(3,4)5)11-9-18-14(17)20-10-7-8-13(2)12-20/h13H,6-12H2,1-5H3,(H2,17,18). The number of hydrogen-bond acceptors (Lipinski definition) is 3. The molecule has 2 N–H and O–H groups in total. The van der Waals surface area contributed by atoms with Gasteiger partial charge >= 0.3 is 6.09 Å². The van der Waals surface area contributed by atoms with Crippen LogP contribution in [0.15, 0.2) is 4.99 Å². The molecule has 6 nitrogen and oxygen atoms in total. The lowest BCUT2D eigenvalue weighted by molar-refractivity contribution is 0.0266. The molecule has 0 aliphatic carbocycles. The molecule has 0 radical (unpaired) electrons. The molecule has 1 rings (SSSR count). The average Bonchev–Trinajstić information content (AvgIpc) is 2.41. The summed E-state index contributed by atoms with van der Waals surface area (Å²) >= 11 is 0. The minimum atomic E-state index is -0.475. The maximum atomic E-state index is 12.0. The van der Waals surface area contributed by atoms with Gasteiger partial charge in [-0.3, -0.25) is 4.99 Å². The van der Waals surface area contributed by atoms with E-state index in [0.29, 0.717) is 31.5 Å². The van der Waals surface area contributed by atoms with E-state index < -0.39 is 5.60 Å². The first-order chi connectivity index (χ1) is 10.2. The summed E-state index contributed by atoms with van der Waals surface area (Å²) in [7, 11) is 0. The zero-order chi connectivity index (χ0) is 16.8. The Morgan fingerprint density at radius 1 is 1.45 bits per heavy atom. The van der Waals surface area contributed by atoms with Gasteiger partial charge in [-0.25, -0.2) is 4.79 Å². The summed E-state index contributed by atoms with van der Waals surface area (Å²) in [6.45, 7) is 13.3. The van der Waals surface area contributed by atoms with E-state index in [2.05, 4.69) is 16.8 Å². The van der Waals surface area contributed by atoms with Crippen molar-refractivity contribution in [2.24, 2.45) is 16.6 Å². The molecule has 0 aromatic carbocycles. The van der Waals surface area contributed by atoms with Crippen molar-refractivity contribution in [3.63, 3.8) is 0 Å². The van der Waals surface area contributed by atoms with Crippen LogP contribution in [0, 0.1) is 5.92 Å². The molecule has 0 spiro atoms. The van der Waals surface area contributed by atoms with Crippen molar-refractivity contribution in [3.05, 3.63) is 0 Å². The maximum absolute atomic E-state index is 12.0. The molecule has 1 saturated heterocycles. The molecule has 0 aromatic rings. The van der Waals surface area contributed by atoms with Crippen LogP contribution in [0.4, 0.5) is 4.79 Å². The number of nitrogens with two attached hydrogens (primary N) is 1. The first-order valence-electron chi connectivity index (χ1n) is 8.25. The zero-order valence-electron chi connectivity index (χ0n) is 14.8. The van der Waals surface area contributed by atoms with Gasteiger partial charge in [0.05, 0.1) is 6.54 Å². The normalized spacial score (nSPS) is 20.0. The van der Waals surface area contributed by atoms with Crippen LogP contribution in [0.2, 0.25) is 0 Å². The van der Waals surface area contributed by atoms with Gasteiger partial charge < -0.3 is 20.3 Å². The quantitative estimate of drug-likeness (QED) is 0.638. The molecule has 6 heteroatoms. The van der Waals surface area contributed by atoms with Crippen molar-refractivity contribution >= 4 is 12.1 Å². The third kappa shape index (κ3) is 6.54. The molecule has 1 heterocycles. The van der Waals surface area contributed by atoms with Crippen molar-refractivity contribution in [2.75, 3.05) is 32.7 Å². The Hall–Kier alpha value is -1.46. The number of rotatable bonds is 4. The predicted octanol–water partition coefficient (Wildman–Crippen LogP) is 2.29. The lowest BCUT2D eigenvalue weighted by Crippen LogP contribution is -2.44. The van der Waals surface area contributed by atoms with Gasteiger partial charge in [-0.1, -0.05) is 6.92 Å². The summed E-state index contributed by atoms with van der Waals surface area (Å²) in [6.07, 6.45) is 2.12. The van der Waals surface area contributed by atoms with Crippen LogP contribution in [-0.2, 0) is 4.74 Å². The highest BCUT2D eigenvalue weighted by Gasteiger charge is 2.21. The number of piperidine rings is 1. The minimum Gasteiger partial charge on any atom is -0.444 e. The zero-order valence-corrected chi connectivity index (χ0v) is 14.8. The molecule has 128 valence electrons. The molecule has 22 heavy (non-hydrogen) atoms. The van der Waals surface area contributed by atoms with E-state index >= 15 is 0 Å². The Morgan fingerprint density at radius 3 is 2.68 bits per heavy atom. The van der Waals surface area contributed by atoms with Gasteiger partial charge in [-0.2, -0.15) is 0 Å². The smallest absolute Gasteiger partial charge is 0.410 e. The highest BCUT2D eigenvalue weighted by molar-refractivity contribution is 5.78. The van der Waals surface area contributed by atoms with E-state index in [9.17, 15) is 4.79 Å². The molecular formula is C16H32N4O2. The average molecular weight is 312 g/mol. The summed E-state index contributed by atoms with van der Waals surface area (Å²) < 4.78 is 5.38. The molecule has 1 atom stereocenters. The number of guanidine groups is 1. The second-order valence-corrected chi connectivity index (χ2v) is 6.99. The highest BCUT2D eigenvalue weighted by atomic mass is 16.6. The van der Waals surface area contributed by atoms with Gasteiger partial charge in [0.15, 0.2) is 5.96 Å². The van der Waals surface area contributed by atoms with Crippen molar-refractivity contribution in [1.82, 2.24) is 9.80 Å². The number of ether oxygens (including phenoxy) is 1. The molecular weight excluding hydrogens is 280 g/mol. The monoisotopic (exact) mass is 312 g/mol. The molecule has 0 aromatic heterocycles. The Balaban J connectivity index is 2.45. The molecule has 1 unspecified atom stereocenters. The Morgan fingerprint density at radius 2 is 2.14 bits per heavy atom. The molecule has 1 aliphatic heterocycles. The number of nitrogens with zero attached hydrogens (tertiary/aromatic N) is 3. The van der Waals surface area contributed by atoms with Gasteiger partial charge in [0.25, 0.3) is 0 Å². The fourth-order valence-corrected chi connectivity index (χ4v) is 2.49. The molecule has 1 fully saturated rings. The minimum absolute atomic E-state index is 0.296. The van der Waals surface area contributed by atoms with Crippen LogP contribution in [0.5, 0.6) is 0 Å². The summed E-state index contributed by atoms with van der Waals surface area (Å²) in [6, 6.07) is 0. The fourth-order valence-electron chi connectivity index (χ4n) is 2.49. The summed E-state index contributed by atoms with van der Waals surface area (Å²) in [5.41, 5.74) is 5.58. The Bertz CT molecular complexity index is 390. The maximum Gasteiger partial charge on any atom is 0.410 e. The molecule has 1 amide bonds. The van der Waals surface area contributed by atoms with Crippen LogP contribution >= 0.6 is 0 Å². The Kier molecular flexibility index (Phi) is 6.97. The van der Waals surface area contributed by atoms with Gasteiger partial charge in [0.1, 0.15) is 5.60 Å². The molecule has 0 bridgehead atoms. The van der Waals surface area contributed by atoms with Crippen LogP contribution in [-0.4, -0.2) is 60.2 Å². The van der Waals surface area contributed by atoms with E-state index in [1.54, 1.807) is 4.90 Å². The summed E-state index contributed by atoms with van der Waals surface area (Å²) in [5.74, 6) is 1.25. The van der Waals surface area contributed by atoms with E-state index in [1.165, 1.54) is 6.42 Å². The van der Waals surface area contributed by atoms with E-state index in [-0.39, 0.29) is 6.09 Å². The Labute approximate surface area is 134 Å². The number of hydrogen-bond donors (Lipinski definition) is 1. The van der Waals surface area contributed by atoms with Gasteiger partial charge in [-0.05, 0) is 46.5 Å². The second-order valence-electron chi connectivity index (χ2n) is 6.99. The van der Waals surface area contributed by atoms with Crippen LogP contribution in [0.1, 0.15) is 47.5 Å². The highest BCUT2D eigenvalue weighted by Crippen LogP contribution is 2.15. The summed E-state index contributed by atoms with van der Waals surface area (Å²) in [4.78, 5) is 20.2. The lowest BCUT2D eigenvalue weighted by atomic mass is 10.0. The number of carbonyl (C=O) groups is 1. The largest absolute Gasteiger partial charge is 0.444 e. The fraction of sp³-hybridized carbons (Fsp3) is 0.875. The predicted molar refractivity (Wildman–Crippen MR) is 89.9 cm³/mol. The van der Waals surface area contributed by atoms with E-state index in [1.807, 2.05) is 27.7 Å². The third-order valence-electron chi connectivity index (χ3n) is 3.66. The van der Waals surface area contributed by atoms with Crippen LogP contribution < -0.4 is 5.73 Å². The van der Waals surface area contributed by atoms with Crippen molar-refractivity contribution < 1.29 is 9.53 Å². The first-order valence-corrected chi connectivity index (χ1v) is 8.25. The number of carbonyl (C=O) groups excluding carboxylic acids is 1. The topological polar surface area (TPSA) is 71.2 Å². The molecule has 0 saturated carbocycles. The van der Waals surface area contributed by atoms with E-state index in [0.717, 1.165) is 19.5 Å². The number of aliphatic imine (C=N–C) groups is 1. The third-order valence-corrected chi connectivity index (χ3v) is 3.66. The van der Waals surface area contributed by atoms with Gasteiger partial charge in [0, 0.05) is 26.2 Å². The van der Waals surface area contributed by atoms with E-state index in [4.69, 9.17) is 10.5 Å². The number of likely N-dealkylation sites (tertiary alicyclic amines) is 1. The van der Waals surface area contributed by atoms with Crippen molar-refractivity contribution in [1.29, 1.82) is 0 Å². The SMILES string of the molecule is CCN(CCN=C(N)N1CCCC(C)C1)C(=O)OC(C)(C)C. The van der Waals surface area contributed by atoms with Gasteiger partial charge in [0.2, 0.25) is 0 Å². The number of amides is 1. The molecule has 1 aliphatic rings. The van der Waals surface area contributed by atoms with Gasteiger partial charge in [-0.15, -0.1) is 0 Å². The number of likely N-dealkylation sites (N-methyl/N-ethyl adjacent to an activating group) is 1. The lowest BCUT2D eigenvalue weighted by Gasteiger charge is -2.31. The van der Waals surface area contributed by atoms with Crippen molar-refractivity contribution in [3.8, 4) is 0 Å². The second kappa shape index (κ2) is 8.25. The first kappa shape index (κ1) is 18.6. The van der Waals surface area contributed by atoms with Crippen LogP contribution in [0.25, 0.3) is 0 Å². The van der Waals surface area contributed by atoms with Crippen molar-refractivity contribution in [2.45, 2.75) is 53.1 Å².